The van der Waals surface area contributed by atoms with E-state index in [1.807, 2.05) is 6.07 Å². The molecule has 5 heteroatoms. The van der Waals surface area contributed by atoms with Crippen LogP contribution in [0.2, 0.25) is 0 Å². The first-order chi connectivity index (χ1) is 18.0. The molecule has 2 N–H and O–H groups in total. The predicted molar refractivity (Wildman–Crippen MR) is 153 cm³/mol. The van der Waals surface area contributed by atoms with Crippen LogP contribution in [0.4, 0.5) is 5.69 Å². The van der Waals surface area contributed by atoms with Crippen molar-refractivity contribution in [2.24, 2.45) is 5.92 Å². The minimum atomic E-state index is -1.03. The van der Waals surface area contributed by atoms with Gasteiger partial charge in [-0.1, -0.05) is 116 Å². The Bertz CT molecular complexity index is 925. The van der Waals surface area contributed by atoms with Crippen molar-refractivity contribution in [3.05, 3.63) is 59.7 Å². The van der Waals surface area contributed by atoms with E-state index in [1.165, 1.54) is 89.2 Å². The lowest BCUT2D eigenvalue weighted by Gasteiger charge is -2.12. The van der Waals surface area contributed by atoms with Crippen LogP contribution in [-0.2, 0) is 0 Å². The molecule has 0 aliphatic rings. The van der Waals surface area contributed by atoms with E-state index in [2.05, 4.69) is 19.2 Å². The third-order valence-electron chi connectivity index (χ3n) is 6.68. The number of rotatable bonds is 20. The van der Waals surface area contributed by atoms with Crippen LogP contribution >= 0.6 is 0 Å². The lowest BCUT2D eigenvalue weighted by Crippen LogP contribution is -2.14. The molecule has 0 saturated carbocycles. The number of unbranched alkanes of at least 4 members (excludes halogenated alkanes) is 12. The summed E-state index contributed by atoms with van der Waals surface area (Å²) < 4.78 is 5.92. The van der Waals surface area contributed by atoms with Gasteiger partial charge in [0.25, 0.3) is 5.91 Å². The van der Waals surface area contributed by atoms with Crippen LogP contribution in [0.15, 0.2) is 48.5 Å². The van der Waals surface area contributed by atoms with E-state index in [-0.39, 0.29) is 11.5 Å². The highest BCUT2D eigenvalue weighted by Gasteiger charge is 2.13. The fourth-order valence-electron chi connectivity index (χ4n) is 4.49. The minimum Gasteiger partial charge on any atom is -0.493 e. The van der Waals surface area contributed by atoms with Crippen molar-refractivity contribution in [3.8, 4) is 5.75 Å². The number of hydrogen-bond donors (Lipinski definition) is 2. The summed E-state index contributed by atoms with van der Waals surface area (Å²) in [5.41, 5.74) is 1.01. The van der Waals surface area contributed by atoms with Gasteiger partial charge in [-0.25, -0.2) is 4.79 Å². The van der Waals surface area contributed by atoms with Crippen LogP contribution in [0.5, 0.6) is 5.75 Å². The summed E-state index contributed by atoms with van der Waals surface area (Å²) in [7, 11) is 0. The average Bonchev–Trinajstić information content (AvgIpc) is 2.88. The van der Waals surface area contributed by atoms with Gasteiger partial charge in [0.05, 0.1) is 17.7 Å². The molecular formula is C32H47NO4. The SMILES string of the molecule is CC(C)CCCCCCCCCCCCCCCOc1ccccc1C(=O)Nc1cccc(C(=O)O)c1. The molecule has 0 aromatic heterocycles. The number of aromatic carboxylic acids is 1. The molecule has 2 aromatic carbocycles. The van der Waals surface area contributed by atoms with Crippen molar-refractivity contribution in [2.45, 2.75) is 104 Å². The summed E-state index contributed by atoms with van der Waals surface area (Å²) in [5.74, 6) is 0.0536. The number of hydrogen-bond acceptors (Lipinski definition) is 3. The second-order valence-electron chi connectivity index (χ2n) is 10.5. The standard InChI is InChI=1S/C32H47NO4/c1-26(2)19-14-12-10-8-6-4-3-5-7-9-11-13-17-24-37-30-23-16-15-22-29(30)31(34)33-28-21-18-20-27(25-28)32(35)36/h15-16,18,20-23,25-26H,3-14,17,19,24H2,1-2H3,(H,33,34)(H,35,36). The van der Waals surface area contributed by atoms with E-state index >= 15 is 0 Å². The van der Waals surface area contributed by atoms with E-state index in [9.17, 15) is 9.59 Å². The molecule has 0 unspecified atom stereocenters. The third kappa shape index (κ3) is 13.3. The Morgan fingerprint density at radius 1 is 0.757 bits per heavy atom. The molecule has 0 radical (unpaired) electrons. The summed E-state index contributed by atoms with van der Waals surface area (Å²) >= 11 is 0. The van der Waals surface area contributed by atoms with Gasteiger partial charge in [0.2, 0.25) is 0 Å². The number of anilines is 1. The van der Waals surface area contributed by atoms with Gasteiger partial charge >= 0.3 is 5.97 Å². The van der Waals surface area contributed by atoms with E-state index in [1.54, 1.807) is 30.3 Å². The zero-order chi connectivity index (χ0) is 26.7. The maximum absolute atomic E-state index is 12.8. The Hall–Kier alpha value is -2.82. The van der Waals surface area contributed by atoms with Crippen molar-refractivity contribution in [3.63, 3.8) is 0 Å². The van der Waals surface area contributed by atoms with Crippen LogP contribution in [0, 0.1) is 5.92 Å². The van der Waals surface area contributed by atoms with Gasteiger partial charge < -0.3 is 15.2 Å². The average molecular weight is 510 g/mol. The van der Waals surface area contributed by atoms with Gasteiger partial charge in [0.15, 0.2) is 0 Å². The van der Waals surface area contributed by atoms with Crippen molar-refractivity contribution in [1.29, 1.82) is 0 Å². The highest BCUT2D eigenvalue weighted by atomic mass is 16.5. The number of para-hydroxylation sites is 1. The van der Waals surface area contributed by atoms with E-state index in [0.29, 0.717) is 23.6 Å². The predicted octanol–water partition coefficient (Wildman–Crippen LogP) is 9.13. The second-order valence-corrected chi connectivity index (χ2v) is 10.5. The topological polar surface area (TPSA) is 75.6 Å². The molecule has 5 nitrogen and oxygen atoms in total. The maximum Gasteiger partial charge on any atom is 0.335 e. The van der Waals surface area contributed by atoms with Gasteiger partial charge in [0, 0.05) is 5.69 Å². The number of carboxylic acids is 1. The van der Waals surface area contributed by atoms with Gasteiger partial charge in [-0.3, -0.25) is 4.79 Å². The minimum absolute atomic E-state index is 0.130. The molecule has 0 fully saturated rings. The highest BCUT2D eigenvalue weighted by Crippen LogP contribution is 2.21. The number of amides is 1. The Balaban J connectivity index is 1.54. The number of carbonyl (C=O) groups is 2. The number of ether oxygens (including phenoxy) is 1. The Labute approximate surface area is 224 Å². The highest BCUT2D eigenvalue weighted by molar-refractivity contribution is 6.06. The summed E-state index contributed by atoms with van der Waals surface area (Å²) in [5, 5.41) is 11.9. The van der Waals surface area contributed by atoms with Gasteiger partial charge in [-0.05, 0) is 42.7 Å². The molecule has 0 aliphatic carbocycles. The molecule has 0 bridgehead atoms. The molecule has 37 heavy (non-hydrogen) atoms. The van der Waals surface area contributed by atoms with Crippen molar-refractivity contribution >= 4 is 17.6 Å². The van der Waals surface area contributed by atoms with Crippen molar-refractivity contribution in [1.82, 2.24) is 0 Å². The number of carbonyl (C=O) groups excluding carboxylic acids is 1. The lowest BCUT2D eigenvalue weighted by molar-refractivity contribution is 0.0696. The molecule has 2 aromatic rings. The quantitative estimate of drug-likeness (QED) is 0.174. The molecule has 204 valence electrons. The van der Waals surface area contributed by atoms with E-state index in [0.717, 1.165) is 18.8 Å². The molecule has 0 spiro atoms. The van der Waals surface area contributed by atoms with Crippen LogP contribution in [-0.4, -0.2) is 23.6 Å². The Morgan fingerprint density at radius 3 is 1.92 bits per heavy atom. The zero-order valence-corrected chi connectivity index (χ0v) is 23.0. The van der Waals surface area contributed by atoms with Crippen molar-refractivity contribution in [2.75, 3.05) is 11.9 Å². The fraction of sp³-hybridized carbons (Fsp3) is 0.562. The molecule has 2 rings (SSSR count). The molecule has 0 saturated heterocycles. The zero-order valence-electron chi connectivity index (χ0n) is 23.0. The molecule has 0 aliphatic heterocycles. The first kappa shape index (κ1) is 30.4. The number of nitrogens with one attached hydrogen (secondary N) is 1. The maximum atomic E-state index is 12.8. The Morgan fingerprint density at radius 2 is 1.32 bits per heavy atom. The molecular weight excluding hydrogens is 462 g/mol. The molecule has 0 atom stereocenters. The van der Waals surface area contributed by atoms with Crippen LogP contribution in [0.3, 0.4) is 0 Å². The Kier molecular flexibility index (Phi) is 15.1. The summed E-state index contributed by atoms with van der Waals surface area (Å²) in [4.78, 5) is 23.9. The number of carboxylic acid groups (broad SMARTS) is 1. The fourth-order valence-corrected chi connectivity index (χ4v) is 4.49. The van der Waals surface area contributed by atoms with Crippen LogP contribution in [0.1, 0.15) is 124 Å². The van der Waals surface area contributed by atoms with E-state index in [4.69, 9.17) is 9.84 Å². The first-order valence-electron chi connectivity index (χ1n) is 14.3. The van der Waals surface area contributed by atoms with Gasteiger partial charge in [0.1, 0.15) is 5.75 Å². The molecule has 1 amide bonds. The summed E-state index contributed by atoms with van der Waals surface area (Å²) in [6.45, 7) is 5.20. The van der Waals surface area contributed by atoms with Crippen molar-refractivity contribution < 1.29 is 19.4 Å². The monoisotopic (exact) mass is 509 g/mol. The normalized spacial score (nSPS) is 11.0. The summed E-state index contributed by atoms with van der Waals surface area (Å²) in [6.07, 6.45) is 18.4. The number of benzene rings is 2. The largest absolute Gasteiger partial charge is 0.493 e. The third-order valence-corrected chi connectivity index (χ3v) is 6.68. The smallest absolute Gasteiger partial charge is 0.335 e. The first-order valence-corrected chi connectivity index (χ1v) is 14.3. The van der Waals surface area contributed by atoms with Gasteiger partial charge in [-0.15, -0.1) is 0 Å². The van der Waals surface area contributed by atoms with Gasteiger partial charge in [-0.2, -0.15) is 0 Å². The van der Waals surface area contributed by atoms with E-state index < -0.39 is 5.97 Å². The summed E-state index contributed by atoms with van der Waals surface area (Å²) in [6, 6.07) is 13.4. The van der Waals surface area contributed by atoms with Crippen LogP contribution in [0.25, 0.3) is 0 Å². The van der Waals surface area contributed by atoms with Crippen LogP contribution < -0.4 is 10.1 Å². The second kappa shape index (κ2) is 18.4. The lowest BCUT2D eigenvalue weighted by atomic mass is 10.0. The molecule has 0 heterocycles.